The van der Waals surface area contributed by atoms with Crippen molar-refractivity contribution >= 4 is 21.8 Å². The van der Waals surface area contributed by atoms with Gasteiger partial charge in [0.25, 0.3) is 0 Å². The smallest absolute Gasteiger partial charge is 0.509 e. The summed E-state index contributed by atoms with van der Waals surface area (Å²) >= 11 is 0. The second-order valence-electron chi connectivity index (χ2n) is 13.2. The minimum Gasteiger partial charge on any atom is -0.509 e. The molecule has 7 aromatic rings. The SMILES string of the molecule is Cc1ccnc(-n2c3[c-]c(Oc4[c-]c(-n5nc(C)c(-c6c(C(C)C)cc(C)cc6C(C)C)c5C)ccc4)ccc3c3ccccc32)c1.[Pd+2]. The molecule has 5 nitrogen and oxygen atoms in total. The first-order valence-corrected chi connectivity index (χ1v) is 16.4. The van der Waals surface area contributed by atoms with E-state index < -0.39 is 0 Å². The Labute approximate surface area is 297 Å². The quantitative estimate of drug-likeness (QED) is 0.122. The van der Waals surface area contributed by atoms with Crippen LogP contribution in [0.4, 0.5) is 0 Å². The van der Waals surface area contributed by atoms with Crippen LogP contribution in [0, 0.1) is 39.8 Å². The average Bonchev–Trinajstić information content (AvgIpc) is 3.53. The molecule has 0 saturated carbocycles. The Hall–Kier alpha value is -4.50. The molecule has 0 atom stereocenters. The van der Waals surface area contributed by atoms with E-state index in [2.05, 4.69) is 121 Å². The van der Waals surface area contributed by atoms with Crippen LogP contribution in [0.25, 0.3) is 44.4 Å². The molecule has 0 bridgehead atoms. The molecule has 0 aliphatic rings. The van der Waals surface area contributed by atoms with E-state index >= 15 is 0 Å². The number of pyridine rings is 1. The van der Waals surface area contributed by atoms with E-state index in [1.807, 2.05) is 41.2 Å². The zero-order chi connectivity index (χ0) is 33.0. The molecule has 0 aliphatic heterocycles. The predicted molar refractivity (Wildman–Crippen MR) is 192 cm³/mol. The van der Waals surface area contributed by atoms with Crippen LogP contribution in [-0.4, -0.2) is 19.3 Å². The Kier molecular flexibility index (Phi) is 9.18. The maximum atomic E-state index is 6.45. The maximum absolute atomic E-state index is 6.45. The minimum absolute atomic E-state index is 0. The van der Waals surface area contributed by atoms with Gasteiger partial charge in [-0.2, -0.15) is 17.2 Å². The summed E-state index contributed by atoms with van der Waals surface area (Å²) in [5.74, 6) is 2.85. The molecular weight excluding hydrogens is 683 g/mol. The van der Waals surface area contributed by atoms with Gasteiger partial charge in [0.1, 0.15) is 5.82 Å². The van der Waals surface area contributed by atoms with Crippen LogP contribution >= 0.6 is 0 Å². The third kappa shape index (κ3) is 5.89. The molecule has 0 fully saturated rings. The molecule has 7 rings (SSSR count). The molecule has 0 aliphatic carbocycles. The molecule has 0 N–H and O–H groups in total. The third-order valence-corrected chi connectivity index (χ3v) is 9.02. The van der Waals surface area contributed by atoms with Crippen molar-refractivity contribution in [3.63, 3.8) is 0 Å². The van der Waals surface area contributed by atoms with E-state index in [1.165, 1.54) is 27.8 Å². The van der Waals surface area contributed by atoms with E-state index in [1.54, 1.807) is 0 Å². The van der Waals surface area contributed by atoms with Crippen LogP contribution < -0.4 is 4.74 Å². The van der Waals surface area contributed by atoms with Gasteiger partial charge in [-0.25, -0.2) is 4.98 Å². The monoisotopic (exact) mass is 722 g/mol. The van der Waals surface area contributed by atoms with Gasteiger partial charge in [0.2, 0.25) is 0 Å². The number of rotatable bonds is 7. The van der Waals surface area contributed by atoms with Gasteiger partial charge in [0, 0.05) is 34.5 Å². The maximum Gasteiger partial charge on any atom is 2.00 e. The molecule has 3 heterocycles. The number of aryl methyl sites for hydroxylation is 3. The van der Waals surface area contributed by atoms with Gasteiger partial charge in [0.15, 0.2) is 0 Å². The number of nitrogens with zero attached hydrogens (tertiary/aromatic N) is 4. The number of benzene rings is 4. The van der Waals surface area contributed by atoms with E-state index in [0.29, 0.717) is 23.3 Å². The van der Waals surface area contributed by atoms with Crippen LogP contribution in [0.3, 0.4) is 0 Å². The van der Waals surface area contributed by atoms with Crippen LogP contribution in [0.2, 0.25) is 0 Å². The van der Waals surface area contributed by atoms with Crippen molar-refractivity contribution in [2.45, 2.75) is 67.2 Å². The van der Waals surface area contributed by atoms with Gasteiger partial charge >= 0.3 is 20.4 Å². The average molecular weight is 723 g/mol. The second-order valence-corrected chi connectivity index (χ2v) is 13.2. The summed E-state index contributed by atoms with van der Waals surface area (Å²) in [4.78, 5) is 4.70. The first-order chi connectivity index (χ1) is 22.6. The van der Waals surface area contributed by atoms with Gasteiger partial charge in [0.05, 0.1) is 5.69 Å². The predicted octanol–water partition coefficient (Wildman–Crippen LogP) is 10.9. The van der Waals surface area contributed by atoms with Crippen LogP contribution in [0.5, 0.6) is 11.5 Å². The minimum atomic E-state index is 0. The standard InChI is InChI=1S/C42H40N4O.Pd/c1-25(2)36-20-28(6)21-37(26(3)4)42(36)41-29(7)44-46(30(41)8)31-12-11-13-32(23-31)47-33-16-17-35-34-14-9-10-15-38(34)45(39(35)24-33)40-22-27(5)18-19-43-40;/h9-22,25-26H,1-8H3;/q-2;+2. The summed E-state index contributed by atoms with van der Waals surface area (Å²) in [6.07, 6.45) is 1.85. The van der Waals surface area contributed by atoms with Crippen molar-refractivity contribution in [2.24, 2.45) is 0 Å². The molecule has 6 heteroatoms. The Balaban J connectivity index is 0.00000401. The van der Waals surface area contributed by atoms with Crippen LogP contribution in [0.1, 0.15) is 73.2 Å². The topological polar surface area (TPSA) is 44.9 Å². The van der Waals surface area contributed by atoms with Gasteiger partial charge < -0.3 is 9.30 Å². The molecule has 48 heavy (non-hydrogen) atoms. The fourth-order valence-electron chi connectivity index (χ4n) is 6.83. The first kappa shape index (κ1) is 33.4. The van der Waals surface area contributed by atoms with Crippen molar-refractivity contribution in [1.29, 1.82) is 0 Å². The summed E-state index contributed by atoms with van der Waals surface area (Å²) in [5, 5.41) is 7.31. The molecule has 244 valence electrons. The molecular formula is C42H40N4OPd. The number of para-hydroxylation sites is 1. The van der Waals surface area contributed by atoms with Crippen molar-refractivity contribution in [3.05, 3.63) is 131 Å². The summed E-state index contributed by atoms with van der Waals surface area (Å²) < 4.78 is 10.6. The molecule has 0 saturated heterocycles. The van der Waals surface area contributed by atoms with Crippen molar-refractivity contribution in [3.8, 4) is 34.1 Å². The summed E-state index contributed by atoms with van der Waals surface area (Å²) in [5.41, 5.74) is 12.6. The van der Waals surface area contributed by atoms with Gasteiger partial charge in [-0.1, -0.05) is 69.1 Å². The summed E-state index contributed by atoms with van der Waals surface area (Å²) in [7, 11) is 0. The van der Waals surface area contributed by atoms with E-state index in [0.717, 1.165) is 50.3 Å². The van der Waals surface area contributed by atoms with Gasteiger partial charge in [-0.3, -0.25) is 4.68 Å². The number of aromatic nitrogens is 4. The Morgan fingerprint density at radius 3 is 2.10 bits per heavy atom. The van der Waals surface area contributed by atoms with Crippen LogP contribution in [0.15, 0.2) is 85.1 Å². The van der Waals surface area contributed by atoms with Crippen LogP contribution in [-0.2, 0) is 20.4 Å². The van der Waals surface area contributed by atoms with Gasteiger partial charge in [-0.15, -0.1) is 35.7 Å². The zero-order valence-corrected chi connectivity index (χ0v) is 30.3. The van der Waals surface area contributed by atoms with Crippen molar-refractivity contribution < 1.29 is 25.2 Å². The zero-order valence-electron chi connectivity index (χ0n) is 28.8. The first-order valence-electron chi connectivity index (χ1n) is 16.4. The van der Waals surface area contributed by atoms with E-state index in [9.17, 15) is 0 Å². The fraction of sp³-hybridized carbons (Fsp3) is 0.238. The number of ether oxygens (including phenoxy) is 1. The molecule has 0 radical (unpaired) electrons. The molecule has 0 amide bonds. The molecule has 4 aromatic carbocycles. The molecule has 0 unspecified atom stereocenters. The van der Waals surface area contributed by atoms with Gasteiger partial charge in [-0.05, 0) is 91.1 Å². The summed E-state index contributed by atoms with van der Waals surface area (Å²) in [6.45, 7) is 17.6. The molecule has 0 spiro atoms. The Morgan fingerprint density at radius 1 is 0.688 bits per heavy atom. The number of hydrogen-bond acceptors (Lipinski definition) is 3. The normalized spacial score (nSPS) is 11.5. The van der Waals surface area contributed by atoms with Crippen molar-refractivity contribution in [2.75, 3.05) is 0 Å². The summed E-state index contributed by atoms with van der Waals surface area (Å²) in [6, 6.07) is 34.3. The fourth-order valence-corrected chi connectivity index (χ4v) is 6.83. The van der Waals surface area contributed by atoms with E-state index in [4.69, 9.17) is 14.8 Å². The largest absolute Gasteiger partial charge is 2.00 e. The Morgan fingerprint density at radius 2 is 1.40 bits per heavy atom. The Bertz CT molecular complexity index is 2260. The second kappa shape index (κ2) is 13.2. The molecule has 3 aromatic heterocycles. The number of hydrogen-bond donors (Lipinski definition) is 0. The van der Waals surface area contributed by atoms with E-state index in [-0.39, 0.29) is 20.4 Å². The van der Waals surface area contributed by atoms with Crippen molar-refractivity contribution in [1.82, 2.24) is 19.3 Å². The number of fused-ring (bicyclic) bond motifs is 3. The third-order valence-electron chi connectivity index (χ3n) is 9.02.